The first kappa shape index (κ1) is 13.8. The second-order valence-corrected chi connectivity index (χ2v) is 7.68. The molecule has 2 unspecified atom stereocenters. The van der Waals surface area contributed by atoms with Crippen LogP contribution in [0.5, 0.6) is 0 Å². The molecule has 0 aliphatic carbocycles. The Kier molecular flexibility index (Phi) is 5.07. The van der Waals surface area contributed by atoms with E-state index < -0.39 is 9.84 Å². The lowest BCUT2D eigenvalue weighted by molar-refractivity contribution is -0.119. The molecule has 0 aromatic heterocycles. The zero-order chi connectivity index (χ0) is 12.2. The number of hydrogen-bond donors (Lipinski definition) is 2. The van der Waals surface area contributed by atoms with Gasteiger partial charge in [0.1, 0.15) is 0 Å². The number of rotatable bonds is 5. The number of nitrogens with two attached hydrogens (primary N) is 1. The fraction of sp³-hybridized carbons (Fsp3) is 0.889. The van der Waals surface area contributed by atoms with Gasteiger partial charge in [0.25, 0.3) is 0 Å². The second kappa shape index (κ2) is 5.88. The third-order valence-corrected chi connectivity index (χ3v) is 5.39. The van der Waals surface area contributed by atoms with E-state index in [9.17, 15) is 13.2 Å². The maximum absolute atomic E-state index is 11.5. The number of thioether (sulfide) groups is 1. The van der Waals surface area contributed by atoms with Gasteiger partial charge >= 0.3 is 0 Å². The van der Waals surface area contributed by atoms with Crippen LogP contribution in [0.2, 0.25) is 0 Å². The van der Waals surface area contributed by atoms with Gasteiger partial charge in [0.15, 0.2) is 9.84 Å². The number of nitrogens with one attached hydrogen (secondary N) is 1. The Morgan fingerprint density at radius 1 is 1.62 bits per heavy atom. The highest BCUT2D eigenvalue weighted by atomic mass is 32.2. The zero-order valence-electron chi connectivity index (χ0n) is 9.31. The van der Waals surface area contributed by atoms with Crippen LogP contribution >= 0.6 is 11.8 Å². The number of carbonyl (C=O) groups is 1. The smallest absolute Gasteiger partial charge is 0.230 e. The van der Waals surface area contributed by atoms with Crippen molar-refractivity contribution in [2.45, 2.75) is 24.6 Å². The summed E-state index contributed by atoms with van der Waals surface area (Å²) in [5, 5.41) is 2.98. The van der Waals surface area contributed by atoms with Crippen molar-refractivity contribution in [3.8, 4) is 0 Å². The van der Waals surface area contributed by atoms with Crippen molar-refractivity contribution in [2.75, 3.05) is 23.8 Å². The van der Waals surface area contributed by atoms with Crippen LogP contribution in [-0.2, 0) is 14.6 Å². The van der Waals surface area contributed by atoms with Gasteiger partial charge in [0, 0.05) is 17.8 Å². The van der Waals surface area contributed by atoms with Crippen LogP contribution < -0.4 is 11.1 Å². The molecule has 1 amide bonds. The molecule has 2 atom stereocenters. The highest BCUT2D eigenvalue weighted by Gasteiger charge is 2.28. The monoisotopic (exact) mass is 266 g/mol. The molecule has 0 aromatic rings. The summed E-state index contributed by atoms with van der Waals surface area (Å²) in [6.07, 6.45) is 0.533. The van der Waals surface area contributed by atoms with Crippen molar-refractivity contribution >= 4 is 27.5 Å². The summed E-state index contributed by atoms with van der Waals surface area (Å²) in [4.78, 5) is 11.5. The molecule has 3 N–H and O–H groups in total. The van der Waals surface area contributed by atoms with Gasteiger partial charge in [-0.05, 0) is 6.42 Å². The molecule has 1 aliphatic heterocycles. The third-order valence-electron chi connectivity index (χ3n) is 2.43. The number of hydrogen-bond acceptors (Lipinski definition) is 5. The second-order valence-electron chi connectivity index (χ2n) is 4.02. The topological polar surface area (TPSA) is 89.3 Å². The minimum absolute atomic E-state index is 0.0792. The minimum Gasteiger partial charge on any atom is -0.352 e. The number of amides is 1. The molecule has 0 aromatic carbocycles. The quantitative estimate of drug-likeness (QED) is 0.691. The lowest BCUT2D eigenvalue weighted by Gasteiger charge is -2.12. The van der Waals surface area contributed by atoms with Crippen molar-refractivity contribution in [3.63, 3.8) is 0 Å². The van der Waals surface area contributed by atoms with Gasteiger partial charge in [-0.15, -0.1) is 11.8 Å². The molecule has 1 fully saturated rings. The Labute approximate surface area is 100 Å². The molecule has 7 heteroatoms. The van der Waals surface area contributed by atoms with Crippen LogP contribution in [0.3, 0.4) is 0 Å². The maximum Gasteiger partial charge on any atom is 0.230 e. The average molecular weight is 266 g/mol. The summed E-state index contributed by atoms with van der Waals surface area (Å²) in [5.74, 6) is 0.502. The van der Waals surface area contributed by atoms with Gasteiger partial charge in [-0.2, -0.15) is 0 Å². The van der Waals surface area contributed by atoms with Crippen molar-refractivity contribution in [1.82, 2.24) is 5.32 Å². The first-order valence-electron chi connectivity index (χ1n) is 5.24. The van der Waals surface area contributed by atoms with Crippen molar-refractivity contribution in [1.29, 1.82) is 0 Å². The first-order valence-corrected chi connectivity index (χ1v) is 8.11. The molecule has 0 spiro atoms. The first-order chi connectivity index (χ1) is 7.43. The molecule has 5 nitrogen and oxygen atoms in total. The highest BCUT2D eigenvalue weighted by Crippen LogP contribution is 2.12. The van der Waals surface area contributed by atoms with Crippen LogP contribution in [0.15, 0.2) is 0 Å². The molecule has 16 heavy (non-hydrogen) atoms. The minimum atomic E-state index is -2.92. The number of sulfone groups is 1. The molecule has 1 aliphatic rings. The van der Waals surface area contributed by atoms with E-state index in [1.165, 1.54) is 11.8 Å². The molecule has 1 rings (SSSR count). The molecular weight excluding hydrogens is 248 g/mol. The van der Waals surface area contributed by atoms with Crippen LogP contribution in [-0.4, -0.2) is 49.4 Å². The SMILES string of the molecule is CC(CN)SCC(=O)NC1CCS(=O)(=O)C1. The van der Waals surface area contributed by atoms with Crippen LogP contribution in [0, 0.1) is 0 Å². The van der Waals surface area contributed by atoms with E-state index in [1.54, 1.807) is 0 Å². The standard InChI is InChI=1S/C9H18N2O3S2/c1-7(4-10)15-5-9(12)11-8-2-3-16(13,14)6-8/h7-8H,2-6,10H2,1H3,(H,11,12). The fourth-order valence-electron chi connectivity index (χ4n) is 1.46. The molecule has 94 valence electrons. The van der Waals surface area contributed by atoms with E-state index in [4.69, 9.17) is 5.73 Å². The van der Waals surface area contributed by atoms with Gasteiger partial charge in [0.05, 0.1) is 17.3 Å². The highest BCUT2D eigenvalue weighted by molar-refractivity contribution is 8.00. The molecule has 0 bridgehead atoms. The predicted octanol–water partition coefficient (Wildman–Crippen LogP) is -0.630. The van der Waals surface area contributed by atoms with Crippen LogP contribution in [0.25, 0.3) is 0 Å². The molecule has 1 saturated heterocycles. The number of carbonyl (C=O) groups excluding carboxylic acids is 1. The largest absolute Gasteiger partial charge is 0.352 e. The Morgan fingerprint density at radius 2 is 2.31 bits per heavy atom. The Bertz CT molecular complexity index is 343. The van der Waals surface area contributed by atoms with Gasteiger partial charge in [-0.1, -0.05) is 6.92 Å². The lowest BCUT2D eigenvalue weighted by atomic mass is 10.3. The summed E-state index contributed by atoms with van der Waals surface area (Å²) in [5.41, 5.74) is 5.43. The zero-order valence-corrected chi connectivity index (χ0v) is 10.9. The molecule has 0 radical (unpaired) electrons. The summed E-state index contributed by atoms with van der Waals surface area (Å²) >= 11 is 1.48. The van der Waals surface area contributed by atoms with E-state index in [2.05, 4.69) is 5.32 Å². The molecule has 0 saturated carbocycles. The lowest BCUT2D eigenvalue weighted by Crippen LogP contribution is -2.37. The van der Waals surface area contributed by atoms with E-state index in [0.29, 0.717) is 18.7 Å². The van der Waals surface area contributed by atoms with Crippen molar-refractivity contribution in [2.24, 2.45) is 5.73 Å². The van der Waals surface area contributed by atoms with Crippen molar-refractivity contribution < 1.29 is 13.2 Å². The van der Waals surface area contributed by atoms with E-state index >= 15 is 0 Å². The van der Waals surface area contributed by atoms with Crippen molar-refractivity contribution in [3.05, 3.63) is 0 Å². The Morgan fingerprint density at radius 3 is 2.81 bits per heavy atom. The molecule has 1 heterocycles. The normalized spacial score (nSPS) is 25.2. The Hall–Kier alpha value is -0.270. The Balaban J connectivity index is 2.25. The van der Waals surface area contributed by atoms with Gasteiger partial charge in [-0.25, -0.2) is 8.42 Å². The maximum atomic E-state index is 11.5. The fourth-order valence-corrected chi connectivity index (χ4v) is 3.79. The van der Waals surface area contributed by atoms with E-state index in [0.717, 1.165) is 0 Å². The van der Waals surface area contributed by atoms with E-state index in [1.807, 2.05) is 6.92 Å². The summed E-state index contributed by atoms with van der Waals surface area (Å²) in [7, 11) is -2.92. The predicted molar refractivity (Wildman–Crippen MR) is 66.2 cm³/mol. The van der Waals surface area contributed by atoms with Crippen LogP contribution in [0.1, 0.15) is 13.3 Å². The van der Waals surface area contributed by atoms with Gasteiger partial charge < -0.3 is 11.1 Å². The summed E-state index contributed by atoms with van der Waals surface area (Å²) in [6, 6.07) is -0.203. The van der Waals surface area contributed by atoms with Gasteiger partial charge in [0.2, 0.25) is 5.91 Å². The van der Waals surface area contributed by atoms with E-state index in [-0.39, 0.29) is 28.7 Å². The third kappa shape index (κ3) is 4.71. The summed E-state index contributed by atoms with van der Waals surface area (Å²) < 4.78 is 22.3. The average Bonchev–Trinajstić information content (AvgIpc) is 2.54. The van der Waals surface area contributed by atoms with Gasteiger partial charge in [-0.3, -0.25) is 4.79 Å². The summed E-state index contributed by atoms with van der Waals surface area (Å²) in [6.45, 7) is 2.49. The molecular formula is C9H18N2O3S2. The van der Waals surface area contributed by atoms with Crippen LogP contribution in [0.4, 0.5) is 0 Å².